The van der Waals surface area contributed by atoms with E-state index < -0.39 is 6.10 Å². The molecule has 2 atom stereocenters. The highest BCUT2D eigenvalue weighted by Gasteiger charge is 2.21. The van der Waals surface area contributed by atoms with E-state index in [0.29, 0.717) is 19.2 Å². The molecule has 3 nitrogen and oxygen atoms in total. The number of aryl methyl sites for hydroxylation is 1. The quantitative estimate of drug-likeness (QED) is 0.773. The number of aliphatic hydroxyl groups is 1. The molecule has 1 unspecified atom stereocenters. The third-order valence-electron chi connectivity index (χ3n) is 4.56. The smallest absolute Gasteiger partial charge is 0.119 e. The van der Waals surface area contributed by atoms with E-state index in [9.17, 15) is 5.11 Å². The second-order valence-corrected chi connectivity index (χ2v) is 6.20. The van der Waals surface area contributed by atoms with Crippen LogP contribution in [-0.2, 0) is 6.42 Å². The van der Waals surface area contributed by atoms with E-state index in [0.717, 1.165) is 18.1 Å². The Morgan fingerprint density at radius 3 is 2.52 bits per heavy atom. The lowest BCUT2D eigenvalue weighted by Crippen LogP contribution is -2.39. The van der Waals surface area contributed by atoms with Crippen molar-refractivity contribution in [3.8, 4) is 5.75 Å². The summed E-state index contributed by atoms with van der Waals surface area (Å²) in [6.45, 7) is 5.31. The van der Waals surface area contributed by atoms with Gasteiger partial charge in [0, 0.05) is 12.6 Å². The van der Waals surface area contributed by atoms with Gasteiger partial charge >= 0.3 is 0 Å². The molecule has 0 aliphatic heterocycles. The summed E-state index contributed by atoms with van der Waals surface area (Å²) in [5.74, 6) is 1.61. The van der Waals surface area contributed by atoms with Crippen molar-refractivity contribution in [1.82, 2.24) is 5.32 Å². The highest BCUT2D eigenvalue weighted by molar-refractivity contribution is 5.27. The topological polar surface area (TPSA) is 41.5 Å². The molecule has 0 aromatic heterocycles. The van der Waals surface area contributed by atoms with Gasteiger partial charge in [-0.2, -0.15) is 0 Å². The minimum Gasteiger partial charge on any atom is -0.491 e. The molecule has 0 radical (unpaired) electrons. The highest BCUT2D eigenvalue weighted by Crippen LogP contribution is 2.27. The molecule has 0 spiro atoms. The van der Waals surface area contributed by atoms with Gasteiger partial charge in [0.2, 0.25) is 0 Å². The van der Waals surface area contributed by atoms with E-state index in [4.69, 9.17) is 4.74 Å². The summed E-state index contributed by atoms with van der Waals surface area (Å²) in [4.78, 5) is 0. The van der Waals surface area contributed by atoms with Crippen molar-refractivity contribution >= 4 is 0 Å². The zero-order chi connectivity index (χ0) is 15.1. The highest BCUT2D eigenvalue weighted by atomic mass is 16.5. The molecule has 3 heteroatoms. The Kier molecular flexibility index (Phi) is 6.52. The normalized spacial score (nSPS) is 18.6. The first-order valence-electron chi connectivity index (χ1n) is 8.32. The lowest BCUT2D eigenvalue weighted by atomic mass is 10.00. The molecule has 0 amide bonds. The van der Waals surface area contributed by atoms with Gasteiger partial charge in [0.05, 0.1) is 0 Å². The van der Waals surface area contributed by atoms with Crippen LogP contribution in [0.25, 0.3) is 0 Å². The summed E-state index contributed by atoms with van der Waals surface area (Å²) < 4.78 is 5.64. The Morgan fingerprint density at radius 2 is 1.90 bits per heavy atom. The van der Waals surface area contributed by atoms with Crippen LogP contribution in [0.15, 0.2) is 24.3 Å². The minimum absolute atomic E-state index is 0.343. The fourth-order valence-electron chi connectivity index (χ4n) is 3.02. The van der Waals surface area contributed by atoms with E-state index in [1.165, 1.54) is 31.2 Å². The zero-order valence-corrected chi connectivity index (χ0v) is 13.3. The number of hydrogen-bond donors (Lipinski definition) is 2. The van der Waals surface area contributed by atoms with Gasteiger partial charge in [0.15, 0.2) is 0 Å². The van der Waals surface area contributed by atoms with Gasteiger partial charge in [-0.1, -0.05) is 31.9 Å². The van der Waals surface area contributed by atoms with E-state index in [2.05, 4.69) is 31.3 Å². The van der Waals surface area contributed by atoms with Gasteiger partial charge in [-0.3, -0.25) is 0 Å². The monoisotopic (exact) mass is 291 g/mol. The Balaban J connectivity index is 1.65. The van der Waals surface area contributed by atoms with Crippen LogP contribution in [0, 0.1) is 5.92 Å². The van der Waals surface area contributed by atoms with Crippen molar-refractivity contribution in [2.75, 3.05) is 13.2 Å². The number of benzene rings is 1. The van der Waals surface area contributed by atoms with Gasteiger partial charge in [-0.25, -0.2) is 0 Å². The molecule has 0 saturated heterocycles. The fourth-order valence-corrected chi connectivity index (χ4v) is 3.02. The average molecular weight is 291 g/mol. The summed E-state index contributed by atoms with van der Waals surface area (Å²) in [6.07, 6.45) is 5.94. The molecule has 2 rings (SSSR count). The largest absolute Gasteiger partial charge is 0.491 e. The average Bonchev–Trinajstić information content (AvgIpc) is 3.05. The van der Waals surface area contributed by atoms with Crippen molar-refractivity contribution in [1.29, 1.82) is 0 Å². The van der Waals surface area contributed by atoms with Crippen LogP contribution < -0.4 is 10.1 Å². The lowest BCUT2D eigenvalue weighted by Gasteiger charge is -2.22. The van der Waals surface area contributed by atoms with Crippen molar-refractivity contribution in [2.45, 2.75) is 58.1 Å². The van der Waals surface area contributed by atoms with E-state index in [1.54, 1.807) is 0 Å². The molecule has 21 heavy (non-hydrogen) atoms. The third kappa shape index (κ3) is 5.33. The molecular formula is C18H29NO2. The van der Waals surface area contributed by atoms with Crippen LogP contribution in [0.4, 0.5) is 0 Å². The van der Waals surface area contributed by atoms with E-state index in [-0.39, 0.29) is 0 Å². The minimum atomic E-state index is -0.459. The Morgan fingerprint density at radius 1 is 1.24 bits per heavy atom. The molecule has 118 valence electrons. The Bertz CT molecular complexity index is 398. The second-order valence-electron chi connectivity index (χ2n) is 6.20. The van der Waals surface area contributed by atoms with Crippen LogP contribution in [0.2, 0.25) is 0 Å². The van der Waals surface area contributed by atoms with Crippen LogP contribution >= 0.6 is 0 Å². The van der Waals surface area contributed by atoms with Crippen molar-refractivity contribution < 1.29 is 9.84 Å². The maximum atomic E-state index is 10.0. The van der Waals surface area contributed by atoms with Crippen molar-refractivity contribution in [3.05, 3.63) is 29.8 Å². The van der Waals surface area contributed by atoms with Crippen molar-refractivity contribution in [3.63, 3.8) is 0 Å². The Hall–Kier alpha value is -1.06. The second kappa shape index (κ2) is 8.40. The van der Waals surface area contributed by atoms with Crippen LogP contribution in [0.5, 0.6) is 5.75 Å². The van der Waals surface area contributed by atoms with E-state index in [1.807, 2.05) is 12.1 Å². The third-order valence-corrected chi connectivity index (χ3v) is 4.56. The number of nitrogens with one attached hydrogen (secondary N) is 1. The summed E-state index contributed by atoms with van der Waals surface area (Å²) in [5.41, 5.74) is 1.30. The predicted molar refractivity (Wildman–Crippen MR) is 86.7 cm³/mol. The van der Waals surface area contributed by atoms with Crippen molar-refractivity contribution in [2.24, 2.45) is 5.92 Å². The molecular weight excluding hydrogens is 262 g/mol. The lowest BCUT2D eigenvalue weighted by molar-refractivity contribution is 0.102. The summed E-state index contributed by atoms with van der Waals surface area (Å²) >= 11 is 0. The molecule has 1 aromatic carbocycles. The van der Waals surface area contributed by atoms with Gasteiger partial charge in [-0.05, 0) is 49.8 Å². The van der Waals surface area contributed by atoms with Gasteiger partial charge in [0.25, 0.3) is 0 Å². The van der Waals surface area contributed by atoms with Gasteiger partial charge in [-0.15, -0.1) is 0 Å². The first-order chi connectivity index (χ1) is 10.2. The van der Waals surface area contributed by atoms with Crippen LogP contribution in [0.1, 0.15) is 45.1 Å². The standard InChI is InChI=1S/C18H29NO2/c1-3-15-8-10-18(11-9-15)21-13-17(20)12-19-14(2)16-6-4-5-7-16/h8-11,14,16-17,19-20H,3-7,12-13H2,1-2H3/t14-,17?/m0/s1. The molecule has 1 fully saturated rings. The summed E-state index contributed by atoms with van der Waals surface area (Å²) in [7, 11) is 0. The van der Waals surface area contributed by atoms with Gasteiger partial charge < -0.3 is 15.2 Å². The number of rotatable bonds is 8. The van der Waals surface area contributed by atoms with E-state index >= 15 is 0 Å². The molecule has 2 N–H and O–H groups in total. The summed E-state index contributed by atoms with van der Waals surface area (Å²) in [6, 6.07) is 8.58. The fraction of sp³-hybridized carbons (Fsp3) is 0.667. The molecule has 1 aromatic rings. The molecule has 1 aliphatic rings. The Labute approximate surface area is 128 Å². The maximum absolute atomic E-state index is 10.0. The first-order valence-corrected chi connectivity index (χ1v) is 8.32. The number of ether oxygens (including phenoxy) is 1. The number of hydrogen-bond acceptors (Lipinski definition) is 3. The molecule has 0 heterocycles. The van der Waals surface area contributed by atoms with Gasteiger partial charge in [0.1, 0.15) is 18.5 Å². The van der Waals surface area contributed by atoms with Crippen LogP contribution in [-0.4, -0.2) is 30.4 Å². The SMILES string of the molecule is CCc1ccc(OCC(O)CN[C@@H](C)C2CCCC2)cc1. The predicted octanol–water partition coefficient (Wildman–Crippen LogP) is 3.16. The maximum Gasteiger partial charge on any atom is 0.119 e. The first kappa shape index (κ1) is 16.3. The zero-order valence-electron chi connectivity index (χ0n) is 13.3. The molecule has 1 saturated carbocycles. The molecule has 0 bridgehead atoms. The summed E-state index contributed by atoms with van der Waals surface area (Å²) in [5, 5.41) is 13.5. The van der Waals surface area contributed by atoms with Crippen LogP contribution in [0.3, 0.4) is 0 Å². The number of aliphatic hydroxyl groups excluding tert-OH is 1. The molecule has 1 aliphatic carbocycles.